The molecule has 2 heterocycles. The second-order valence-electron chi connectivity index (χ2n) is 5.94. The number of fused-ring (bicyclic) bond motifs is 1. The number of hydrogen-bond acceptors (Lipinski definition) is 4. The third-order valence-corrected chi connectivity index (χ3v) is 4.74. The summed E-state index contributed by atoms with van der Waals surface area (Å²) < 4.78 is 45.4. The number of nitrogens with one attached hydrogen (secondary N) is 1. The minimum atomic E-state index is -4.58. The molecule has 4 nitrogen and oxygen atoms in total. The predicted octanol–water partition coefficient (Wildman–Crippen LogP) is 4.64. The number of nitrogens with zero attached hydrogens (tertiary/aromatic N) is 2. The van der Waals surface area contributed by atoms with Crippen LogP contribution in [0.3, 0.4) is 0 Å². The van der Waals surface area contributed by atoms with E-state index in [-0.39, 0.29) is 17.4 Å². The van der Waals surface area contributed by atoms with Crippen molar-refractivity contribution in [2.75, 3.05) is 18.5 Å². The average molecular weight is 404 g/mol. The Bertz CT molecular complexity index is 732. The van der Waals surface area contributed by atoms with Crippen LogP contribution >= 0.6 is 15.9 Å². The first-order chi connectivity index (χ1) is 11.3. The predicted molar refractivity (Wildman–Crippen MR) is 88.9 cm³/mol. The number of rotatable bonds is 3. The Balaban J connectivity index is 1.99. The molecular weight excluding hydrogens is 387 g/mol. The Morgan fingerprint density at radius 2 is 1.96 bits per heavy atom. The van der Waals surface area contributed by atoms with Crippen LogP contribution in [0.2, 0.25) is 0 Å². The van der Waals surface area contributed by atoms with Gasteiger partial charge in [-0.15, -0.1) is 0 Å². The van der Waals surface area contributed by atoms with E-state index in [0.29, 0.717) is 24.5 Å². The van der Waals surface area contributed by atoms with Crippen molar-refractivity contribution < 1.29 is 17.9 Å². The molecule has 3 rings (SSSR count). The third-order valence-electron chi connectivity index (χ3n) is 4.25. The van der Waals surface area contributed by atoms with Gasteiger partial charge in [-0.25, -0.2) is 9.97 Å². The lowest BCUT2D eigenvalue weighted by Crippen LogP contribution is -2.31. The number of anilines is 1. The molecule has 1 N–H and O–H groups in total. The normalized spacial score (nSPS) is 17.9. The monoisotopic (exact) mass is 403 g/mol. The van der Waals surface area contributed by atoms with Gasteiger partial charge in [-0.2, -0.15) is 13.2 Å². The summed E-state index contributed by atoms with van der Waals surface area (Å²) in [6, 6.07) is 4.95. The topological polar surface area (TPSA) is 47.0 Å². The second-order valence-corrected chi connectivity index (χ2v) is 6.85. The lowest BCUT2D eigenvalue weighted by atomic mass is 9.93. The lowest BCUT2D eigenvalue weighted by Gasteiger charge is -2.29. The molecule has 1 unspecified atom stereocenters. The first kappa shape index (κ1) is 17.4. The van der Waals surface area contributed by atoms with E-state index in [9.17, 15) is 13.2 Å². The van der Waals surface area contributed by atoms with Crippen LogP contribution in [0.4, 0.5) is 19.0 Å². The molecule has 1 atom stereocenters. The zero-order valence-corrected chi connectivity index (χ0v) is 14.6. The van der Waals surface area contributed by atoms with Gasteiger partial charge in [0.25, 0.3) is 0 Å². The van der Waals surface area contributed by atoms with Crippen LogP contribution in [-0.4, -0.2) is 29.2 Å². The maximum Gasteiger partial charge on any atom is 0.451 e. The largest absolute Gasteiger partial charge is 0.451 e. The van der Waals surface area contributed by atoms with Gasteiger partial charge >= 0.3 is 6.18 Å². The Hall–Kier alpha value is -1.41. The summed E-state index contributed by atoms with van der Waals surface area (Å²) >= 11 is 3.35. The molecule has 0 bridgehead atoms. The number of benzene rings is 1. The van der Waals surface area contributed by atoms with E-state index in [1.165, 1.54) is 0 Å². The summed E-state index contributed by atoms with van der Waals surface area (Å²) in [6.45, 7) is 3.33. The van der Waals surface area contributed by atoms with Gasteiger partial charge in [-0.1, -0.05) is 15.9 Å². The number of aromatic nitrogens is 2. The third kappa shape index (κ3) is 3.80. The summed E-state index contributed by atoms with van der Waals surface area (Å²) in [5, 5.41) is 3.73. The van der Waals surface area contributed by atoms with Crippen molar-refractivity contribution in [2.45, 2.75) is 32.0 Å². The van der Waals surface area contributed by atoms with E-state index in [1.807, 2.05) is 6.92 Å². The van der Waals surface area contributed by atoms with Gasteiger partial charge < -0.3 is 10.1 Å². The molecule has 8 heteroatoms. The highest BCUT2D eigenvalue weighted by Crippen LogP contribution is 2.32. The van der Waals surface area contributed by atoms with Crippen LogP contribution in [0, 0.1) is 5.92 Å². The van der Waals surface area contributed by atoms with Crippen LogP contribution in [-0.2, 0) is 10.9 Å². The maximum atomic E-state index is 13.1. The molecule has 1 aliphatic rings. The molecule has 0 saturated carbocycles. The van der Waals surface area contributed by atoms with Crippen molar-refractivity contribution in [1.82, 2.24) is 9.97 Å². The zero-order valence-electron chi connectivity index (χ0n) is 13.0. The number of halogens is 4. The van der Waals surface area contributed by atoms with Crippen LogP contribution < -0.4 is 5.32 Å². The number of alkyl halides is 3. The summed E-state index contributed by atoms with van der Waals surface area (Å²) in [7, 11) is 0. The molecular formula is C16H17BrF3N3O. The highest BCUT2D eigenvalue weighted by atomic mass is 79.9. The Kier molecular flexibility index (Phi) is 4.96. The second kappa shape index (κ2) is 6.84. The molecule has 0 amide bonds. The van der Waals surface area contributed by atoms with Crippen LogP contribution in [0.1, 0.15) is 25.6 Å². The standard InChI is InChI=1S/C16H17BrF3N3O/c1-9(10-4-6-24-7-5-10)21-14-12-8-11(17)2-3-13(12)22-15(23-14)16(18,19)20/h2-3,8-10H,4-7H2,1H3,(H,21,22,23). The fourth-order valence-electron chi connectivity index (χ4n) is 2.89. The Morgan fingerprint density at radius 3 is 2.62 bits per heavy atom. The molecule has 1 aliphatic heterocycles. The van der Waals surface area contributed by atoms with Gasteiger partial charge in [0.1, 0.15) is 5.82 Å². The SMILES string of the molecule is CC(Nc1nc(C(F)(F)F)nc2ccc(Br)cc12)C1CCOCC1. The van der Waals surface area contributed by atoms with Gasteiger partial charge in [0.2, 0.25) is 5.82 Å². The molecule has 0 aliphatic carbocycles. The van der Waals surface area contributed by atoms with Gasteiger partial charge in [0, 0.05) is 29.1 Å². The minimum Gasteiger partial charge on any atom is -0.381 e. The van der Waals surface area contributed by atoms with E-state index in [4.69, 9.17) is 4.74 Å². The molecule has 0 spiro atoms. The highest BCUT2D eigenvalue weighted by molar-refractivity contribution is 9.10. The molecule has 1 fully saturated rings. The van der Waals surface area contributed by atoms with Gasteiger partial charge in [-0.3, -0.25) is 0 Å². The average Bonchev–Trinajstić information content (AvgIpc) is 2.55. The maximum absolute atomic E-state index is 13.1. The molecule has 2 aromatic rings. The highest BCUT2D eigenvalue weighted by Gasteiger charge is 2.36. The van der Waals surface area contributed by atoms with Crippen LogP contribution in [0.5, 0.6) is 0 Å². The fraction of sp³-hybridized carbons (Fsp3) is 0.500. The molecule has 0 radical (unpaired) electrons. The molecule has 130 valence electrons. The molecule has 1 aromatic carbocycles. The molecule has 1 saturated heterocycles. The van der Waals surface area contributed by atoms with Crippen LogP contribution in [0.25, 0.3) is 10.9 Å². The number of ether oxygens (including phenoxy) is 1. The van der Waals surface area contributed by atoms with E-state index in [2.05, 4.69) is 31.2 Å². The zero-order chi connectivity index (χ0) is 17.3. The van der Waals surface area contributed by atoms with Gasteiger partial charge in [-0.05, 0) is 43.9 Å². The van der Waals surface area contributed by atoms with Crippen molar-refractivity contribution in [1.29, 1.82) is 0 Å². The quantitative estimate of drug-likeness (QED) is 0.810. The van der Waals surface area contributed by atoms with Crippen molar-refractivity contribution in [2.24, 2.45) is 5.92 Å². The molecule has 1 aromatic heterocycles. The first-order valence-corrected chi connectivity index (χ1v) is 8.52. The van der Waals surface area contributed by atoms with Gasteiger partial charge in [0.15, 0.2) is 0 Å². The van der Waals surface area contributed by atoms with Crippen molar-refractivity contribution in [3.63, 3.8) is 0 Å². The smallest absolute Gasteiger partial charge is 0.381 e. The van der Waals surface area contributed by atoms with Gasteiger partial charge in [0.05, 0.1) is 5.52 Å². The Morgan fingerprint density at radius 1 is 1.25 bits per heavy atom. The lowest BCUT2D eigenvalue weighted by molar-refractivity contribution is -0.144. The van der Waals surface area contributed by atoms with E-state index < -0.39 is 12.0 Å². The van der Waals surface area contributed by atoms with Crippen molar-refractivity contribution in [3.05, 3.63) is 28.5 Å². The van der Waals surface area contributed by atoms with E-state index in [0.717, 1.165) is 17.3 Å². The van der Waals surface area contributed by atoms with E-state index >= 15 is 0 Å². The van der Waals surface area contributed by atoms with Crippen molar-refractivity contribution >= 4 is 32.7 Å². The minimum absolute atomic E-state index is 0.00735. The van der Waals surface area contributed by atoms with E-state index in [1.54, 1.807) is 18.2 Å². The summed E-state index contributed by atoms with van der Waals surface area (Å²) in [5.74, 6) is -0.572. The summed E-state index contributed by atoms with van der Waals surface area (Å²) in [6.07, 6.45) is -2.82. The van der Waals surface area contributed by atoms with Crippen molar-refractivity contribution in [3.8, 4) is 0 Å². The molecule has 24 heavy (non-hydrogen) atoms. The summed E-state index contributed by atoms with van der Waals surface area (Å²) in [4.78, 5) is 7.40. The first-order valence-electron chi connectivity index (χ1n) is 7.73. The van der Waals surface area contributed by atoms with Crippen LogP contribution in [0.15, 0.2) is 22.7 Å². The fourth-order valence-corrected chi connectivity index (χ4v) is 3.25. The number of hydrogen-bond donors (Lipinski definition) is 1. The summed E-state index contributed by atoms with van der Waals surface area (Å²) in [5.41, 5.74) is 0.266. The Labute approximate surface area is 145 Å².